The number of carbonyl (C=O) groups excluding carboxylic acids is 1. The number of carbonyl (C=O) groups is 1. The van der Waals surface area contributed by atoms with Crippen LogP contribution in [0.1, 0.15) is 10.5 Å². The number of aromatic nitrogens is 1. The minimum atomic E-state index is -0.317. The van der Waals surface area contributed by atoms with Crippen LogP contribution >= 0.6 is 0 Å². The van der Waals surface area contributed by atoms with Crippen LogP contribution in [-0.4, -0.2) is 10.5 Å². The number of nitrogens with one attached hydrogen (secondary N) is 1. The van der Waals surface area contributed by atoms with Crippen LogP contribution < -0.4 is 11.3 Å². The Balaban J connectivity index is 2.19. The number of hydrazine groups is 1. The molecule has 4 heteroatoms. The minimum Gasteiger partial charge on any atom is -0.312 e. The molecule has 104 valence electrons. The third-order valence-electron chi connectivity index (χ3n) is 3.35. The van der Waals surface area contributed by atoms with E-state index in [1.807, 2.05) is 77.5 Å². The Morgan fingerprint density at radius 2 is 1.52 bits per heavy atom. The highest BCUT2D eigenvalue weighted by molar-refractivity contribution is 6.00. The number of nitrogen functional groups attached to an aromatic ring is 1. The second kappa shape index (κ2) is 5.64. The Morgan fingerprint density at radius 1 is 0.905 bits per heavy atom. The van der Waals surface area contributed by atoms with Crippen molar-refractivity contribution in [3.8, 4) is 16.8 Å². The summed E-state index contributed by atoms with van der Waals surface area (Å²) < 4.78 is 1.84. The SMILES string of the molecule is NNC(=O)c1c(-c2ccccc2)ccn1-c1ccccc1. The monoisotopic (exact) mass is 277 g/mol. The molecule has 2 aromatic carbocycles. The predicted octanol–water partition coefficient (Wildman–Crippen LogP) is 2.75. The van der Waals surface area contributed by atoms with Gasteiger partial charge in [0.05, 0.1) is 0 Å². The summed E-state index contributed by atoms with van der Waals surface area (Å²) in [5.41, 5.74) is 5.49. The van der Waals surface area contributed by atoms with Gasteiger partial charge in [0.2, 0.25) is 0 Å². The molecule has 21 heavy (non-hydrogen) atoms. The molecule has 0 saturated heterocycles. The van der Waals surface area contributed by atoms with Crippen LogP contribution in [0.3, 0.4) is 0 Å². The zero-order valence-corrected chi connectivity index (χ0v) is 11.4. The maximum absolute atomic E-state index is 12.2. The first kappa shape index (κ1) is 13.1. The van der Waals surface area contributed by atoms with Crippen molar-refractivity contribution in [2.24, 2.45) is 5.84 Å². The molecule has 3 rings (SSSR count). The van der Waals surface area contributed by atoms with E-state index in [4.69, 9.17) is 5.84 Å². The first-order valence-corrected chi connectivity index (χ1v) is 6.64. The summed E-state index contributed by atoms with van der Waals surface area (Å²) in [6.45, 7) is 0. The van der Waals surface area contributed by atoms with Crippen molar-refractivity contribution in [1.29, 1.82) is 0 Å². The summed E-state index contributed by atoms with van der Waals surface area (Å²) in [4.78, 5) is 12.2. The number of para-hydroxylation sites is 1. The molecule has 0 saturated carbocycles. The molecule has 3 aromatic rings. The Kier molecular flexibility index (Phi) is 3.53. The molecule has 1 amide bonds. The van der Waals surface area contributed by atoms with Gasteiger partial charge >= 0.3 is 0 Å². The number of hydrogen-bond acceptors (Lipinski definition) is 2. The lowest BCUT2D eigenvalue weighted by atomic mass is 10.1. The third-order valence-corrected chi connectivity index (χ3v) is 3.35. The van der Waals surface area contributed by atoms with E-state index in [0.29, 0.717) is 5.69 Å². The molecule has 3 N–H and O–H groups in total. The average Bonchev–Trinajstić information content (AvgIpc) is 3.00. The van der Waals surface area contributed by atoms with Crippen LogP contribution in [-0.2, 0) is 0 Å². The van der Waals surface area contributed by atoms with Crippen LogP contribution in [0, 0.1) is 0 Å². The highest BCUT2D eigenvalue weighted by Gasteiger charge is 2.18. The van der Waals surface area contributed by atoms with Crippen molar-refractivity contribution >= 4 is 5.91 Å². The van der Waals surface area contributed by atoms with Gasteiger partial charge in [-0.15, -0.1) is 0 Å². The quantitative estimate of drug-likeness (QED) is 0.439. The molecule has 0 spiro atoms. The highest BCUT2D eigenvalue weighted by Crippen LogP contribution is 2.27. The lowest BCUT2D eigenvalue weighted by molar-refractivity contribution is 0.0947. The first-order chi connectivity index (χ1) is 10.3. The molecule has 1 heterocycles. The van der Waals surface area contributed by atoms with Gasteiger partial charge in [-0.2, -0.15) is 0 Å². The molecule has 0 aliphatic rings. The van der Waals surface area contributed by atoms with E-state index in [-0.39, 0.29) is 5.91 Å². The fraction of sp³-hybridized carbons (Fsp3) is 0. The summed E-state index contributed by atoms with van der Waals surface area (Å²) in [6, 6.07) is 21.4. The van der Waals surface area contributed by atoms with Crippen molar-refractivity contribution in [1.82, 2.24) is 9.99 Å². The largest absolute Gasteiger partial charge is 0.312 e. The second-order valence-corrected chi connectivity index (χ2v) is 4.62. The number of rotatable bonds is 3. The van der Waals surface area contributed by atoms with E-state index < -0.39 is 0 Å². The van der Waals surface area contributed by atoms with Crippen LogP contribution in [0.4, 0.5) is 0 Å². The zero-order valence-electron chi connectivity index (χ0n) is 11.4. The van der Waals surface area contributed by atoms with Gasteiger partial charge in [-0.3, -0.25) is 10.2 Å². The molecule has 4 nitrogen and oxygen atoms in total. The lowest BCUT2D eigenvalue weighted by Gasteiger charge is -2.10. The van der Waals surface area contributed by atoms with E-state index in [9.17, 15) is 4.79 Å². The first-order valence-electron chi connectivity index (χ1n) is 6.64. The van der Waals surface area contributed by atoms with Gasteiger partial charge in [0.25, 0.3) is 5.91 Å². The van der Waals surface area contributed by atoms with E-state index >= 15 is 0 Å². The summed E-state index contributed by atoms with van der Waals surface area (Å²) in [6.07, 6.45) is 1.88. The van der Waals surface area contributed by atoms with E-state index in [1.165, 1.54) is 0 Å². The Hall–Kier alpha value is -2.85. The fourth-order valence-electron chi connectivity index (χ4n) is 2.39. The van der Waals surface area contributed by atoms with E-state index in [0.717, 1.165) is 16.8 Å². The fourth-order valence-corrected chi connectivity index (χ4v) is 2.39. The topological polar surface area (TPSA) is 60.0 Å². The summed E-state index contributed by atoms with van der Waals surface area (Å²) >= 11 is 0. The summed E-state index contributed by atoms with van der Waals surface area (Å²) in [5.74, 6) is 5.03. The number of benzene rings is 2. The maximum atomic E-state index is 12.2. The molecular formula is C17H15N3O. The average molecular weight is 277 g/mol. The molecule has 0 aliphatic carbocycles. The van der Waals surface area contributed by atoms with Gasteiger partial charge < -0.3 is 4.57 Å². The normalized spacial score (nSPS) is 10.3. The van der Waals surface area contributed by atoms with E-state index in [2.05, 4.69) is 5.43 Å². The van der Waals surface area contributed by atoms with Crippen molar-refractivity contribution in [2.45, 2.75) is 0 Å². The predicted molar refractivity (Wildman–Crippen MR) is 82.9 cm³/mol. The molecule has 1 aromatic heterocycles. The van der Waals surface area contributed by atoms with Crippen LogP contribution in [0.2, 0.25) is 0 Å². The van der Waals surface area contributed by atoms with Crippen molar-refractivity contribution in [3.63, 3.8) is 0 Å². The van der Waals surface area contributed by atoms with Gasteiger partial charge in [0.1, 0.15) is 5.69 Å². The smallest absolute Gasteiger partial charge is 0.282 e. The number of amides is 1. The number of nitrogens with zero attached hydrogens (tertiary/aromatic N) is 1. The lowest BCUT2D eigenvalue weighted by Crippen LogP contribution is -2.32. The van der Waals surface area contributed by atoms with Gasteiger partial charge in [-0.05, 0) is 23.8 Å². The van der Waals surface area contributed by atoms with Gasteiger partial charge in [-0.25, -0.2) is 5.84 Å². The minimum absolute atomic E-state index is 0.317. The van der Waals surface area contributed by atoms with Crippen molar-refractivity contribution in [2.75, 3.05) is 0 Å². The van der Waals surface area contributed by atoms with Gasteiger partial charge in [0, 0.05) is 17.4 Å². The standard InChI is InChI=1S/C17H15N3O/c18-19-17(21)16-15(13-7-3-1-4-8-13)11-12-20(16)14-9-5-2-6-10-14/h1-12H,18H2,(H,19,21). The second-order valence-electron chi connectivity index (χ2n) is 4.62. The Morgan fingerprint density at radius 3 is 2.14 bits per heavy atom. The molecule has 0 aliphatic heterocycles. The third kappa shape index (κ3) is 2.44. The van der Waals surface area contributed by atoms with Crippen molar-refractivity contribution < 1.29 is 4.79 Å². The Labute approximate surface area is 122 Å². The van der Waals surface area contributed by atoms with Gasteiger partial charge in [-0.1, -0.05) is 48.5 Å². The number of hydrogen-bond donors (Lipinski definition) is 2. The molecular weight excluding hydrogens is 262 g/mol. The Bertz CT molecular complexity index is 691. The zero-order chi connectivity index (χ0) is 14.7. The summed E-state index contributed by atoms with van der Waals surface area (Å²) in [5, 5.41) is 0. The molecule has 0 fully saturated rings. The van der Waals surface area contributed by atoms with Crippen LogP contribution in [0.5, 0.6) is 0 Å². The van der Waals surface area contributed by atoms with Crippen LogP contribution in [0.15, 0.2) is 72.9 Å². The summed E-state index contributed by atoms with van der Waals surface area (Å²) in [7, 11) is 0. The highest BCUT2D eigenvalue weighted by atomic mass is 16.2. The molecule has 0 unspecified atom stereocenters. The molecule has 0 atom stereocenters. The molecule has 0 bridgehead atoms. The molecule has 0 radical (unpaired) electrons. The van der Waals surface area contributed by atoms with Gasteiger partial charge in [0.15, 0.2) is 0 Å². The van der Waals surface area contributed by atoms with Crippen LogP contribution in [0.25, 0.3) is 16.8 Å². The maximum Gasteiger partial charge on any atom is 0.282 e. The number of nitrogens with two attached hydrogens (primary N) is 1. The van der Waals surface area contributed by atoms with E-state index in [1.54, 1.807) is 0 Å². The van der Waals surface area contributed by atoms with Crippen molar-refractivity contribution in [3.05, 3.63) is 78.6 Å².